The quantitative estimate of drug-likeness (QED) is 0.639. The van der Waals surface area contributed by atoms with Crippen molar-refractivity contribution < 1.29 is 9.92 Å². The van der Waals surface area contributed by atoms with Gasteiger partial charge >= 0.3 is 0 Å². The van der Waals surface area contributed by atoms with Gasteiger partial charge in [0.05, 0.1) is 0 Å². The van der Waals surface area contributed by atoms with Crippen LogP contribution in [0.5, 0.6) is 0 Å². The number of hydrogen-bond donors (Lipinski definition) is 1. The van der Waals surface area contributed by atoms with Gasteiger partial charge in [0.1, 0.15) is 5.60 Å². The van der Waals surface area contributed by atoms with Gasteiger partial charge in [-0.1, -0.05) is 13.8 Å². The van der Waals surface area contributed by atoms with Crippen LogP contribution >= 0.6 is 12.4 Å². The average molecular weight is 305 g/mol. The van der Waals surface area contributed by atoms with Crippen molar-refractivity contribution in [2.45, 2.75) is 64.4 Å². The first-order chi connectivity index (χ1) is 8.72. The summed E-state index contributed by atoms with van der Waals surface area (Å²) in [4.78, 5) is 16.1. The molecule has 2 unspecified atom stereocenters. The third kappa shape index (κ3) is 2.39. The van der Waals surface area contributed by atoms with Gasteiger partial charge in [0.25, 0.3) is 5.09 Å². The number of hydrogen-bond acceptors (Lipinski definition) is 4. The Morgan fingerprint density at radius 2 is 1.65 bits per heavy atom. The van der Waals surface area contributed by atoms with Gasteiger partial charge in [-0.3, -0.25) is 0 Å². The van der Waals surface area contributed by atoms with E-state index in [2.05, 4.69) is 13.8 Å². The molecule has 20 heavy (non-hydrogen) atoms. The summed E-state index contributed by atoms with van der Waals surface area (Å²) in [6.45, 7) is 5.23. The van der Waals surface area contributed by atoms with Crippen molar-refractivity contribution in [1.82, 2.24) is 0 Å². The molecule has 4 aliphatic rings. The Morgan fingerprint density at radius 1 is 1.10 bits per heavy atom. The molecule has 0 heterocycles. The summed E-state index contributed by atoms with van der Waals surface area (Å²) in [6.07, 6.45) is 6.97. The molecule has 4 aliphatic carbocycles. The van der Waals surface area contributed by atoms with E-state index >= 15 is 0 Å². The van der Waals surface area contributed by atoms with Gasteiger partial charge in [-0.2, -0.15) is 0 Å². The van der Waals surface area contributed by atoms with Crippen molar-refractivity contribution in [3.8, 4) is 0 Å². The van der Waals surface area contributed by atoms with Crippen molar-refractivity contribution in [2.75, 3.05) is 6.54 Å². The lowest BCUT2D eigenvalue weighted by molar-refractivity contribution is -0.787. The van der Waals surface area contributed by atoms with Crippen LogP contribution in [0.25, 0.3) is 0 Å². The molecule has 4 fully saturated rings. The smallest absolute Gasteiger partial charge is 0.295 e. The molecular weight excluding hydrogens is 280 g/mol. The molecule has 0 spiro atoms. The molecule has 0 radical (unpaired) electrons. The zero-order valence-electron chi connectivity index (χ0n) is 12.3. The van der Waals surface area contributed by atoms with Crippen LogP contribution in [0, 0.1) is 26.4 Å². The van der Waals surface area contributed by atoms with Gasteiger partial charge < -0.3 is 10.6 Å². The Balaban J connectivity index is 0.00000147. The van der Waals surface area contributed by atoms with Crippen molar-refractivity contribution in [3.63, 3.8) is 0 Å². The molecule has 0 amide bonds. The van der Waals surface area contributed by atoms with Gasteiger partial charge in [-0.05, 0) is 67.7 Å². The summed E-state index contributed by atoms with van der Waals surface area (Å²) < 4.78 is 0. The Bertz CT molecular complexity index is 411. The minimum atomic E-state index is -0.573. The van der Waals surface area contributed by atoms with Crippen LogP contribution in [0.3, 0.4) is 0 Å². The highest BCUT2D eigenvalue weighted by atomic mass is 35.5. The van der Waals surface area contributed by atoms with Crippen LogP contribution in [0.4, 0.5) is 0 Å². The maximum atomic E-state index is 10.9. The van der Waals surface area contributed by atoms with Crippen LogP contribution in [0.2, 0.25) is 0 Å². The summed E-state index contributed by atoms with van der Waals surface area (Å²) in [5.74, 6) is 0. The standard InChI is InChI=1S/C14H24N2O3.ClH/c1-11-5-12(2)7-13(6-11,3-4-15)10-14(8-11,9-12)19-16(17)18;/h3-10,15H2,1-2H3;1H. The van der Waals surface area contributed by atoms with Crippen molar-refractivity contribution >= 4 is 12.4 Å². The van der Waals surface area contributed by atoms with Crippen LogP contribution < -0.4 is 5.73 Å². The van der Waals surface area contributed by atoms with E-state index in [0.29, 0.717) is 6.54 Å². The Hall–Kier alpha value is -0.550. The highest BCUT2D eigenvalue weighted by Crippen LogP contribution is 2.72. The molecule has 0 aromatic carbocycles. The highest BCUT2D eigenvalue weighted by Gasteiger charge is 2.66. The van der Waals surface area contributed by atoms with Gasteiger partial charge in [0.2, 0.25) is 0 Å². The first-order valence-electron chi connectivity index (χ1n) is 7.26. The van der Waals surface area contributed by atoms with Gasteiger partial charge in [-0.15, -0.1) is 22.5 Å². The Kier molecular flexibility index (Phi) is 3.54. The van der Waals surface area contributed by atoms with Crippen molar-refractivity contribution in [3.05, 3.63) is 10.1 Å². The number of rotatable bonds is 4. The highest BCUT2D eigenvalue weighted by molar-refractivity contribution is 5.85. The van der Waals surface area contributed by atoms with E-state index in [1.54, 1.807) is 0 Å². The van der Waals surface area contributed by atoms with Crippen molar-refractivity contribution in [2.24, 2.45) is 22.0 Å². The maximum absolute atomic E-state index is 10.9. The maximum Gasteiger partial charge on any atom is 0.295 e. The molecule has 4 saturated carbocycles. The van der Waals surface area contributed by atoms with E-state index in [-0.39, 0.29) is 28.7 Å². The van der Waals surface area contributed by atoms with Crippen LogP contribution in [-0.2, 0) is 4.84 Å². The van der Waals surface area contributed by atoms with Gasteiger partial charge in [0, 0.05) is 0 Å². The summed E-state index contributed by atoms with van der Waals surface area (Å²) in [7, 11) is 0. The summed E-state index contributed by atoms with van der Waals surface area (Å²) >= 11 is 0. The van der Waals surface area contributed by atoms with E-state index in [1.165, 1.54) is 6.42 Å². The number of nitrogens with zero attached hydrogens (tertiary/aromatic N) is 1. The zero-order chi connectivity index (χ0) is 13.9. The Morgan fingerprint density at radius 3 is 2.10 bits per heavy atom. The first-order valence-corrected chi connectivity index (χ1v) is 7.26. The summed E-state index contributed by atoms with van der Waals surface area (Å²) in [6, 6.07) is 0. The fraction of sp³-hybridized carbons (Fsp3) is 1.00. The van der Waals surface area contributed by atoms with Gasteiger partial charge in [0.15, 0.2) is 0 Å². The average Bonchev–Trinajstić information content (AvgIpc) is 2.07. The summed E-state index contributed by atoms with van der Waals surface area (Å²) in [5.41, 5.74) is 5.81. The SMILES string of the molecule is CC12CC3(C)CC(CCN)(C1)CC(O[N+](=O)[O-])(C2)C3.Cl. The van der Waals surface area contributed by atoms with Crippen LogP contribution in [0.15, 0.2) is 0 Å². The molecule has 2 atom stereocenters. The van der Waals surface area contributed by atoms with Crippen molar-refractivity contribution in [1.29, 1.82) is 0 Å². The lowest BCUT2D eigenvalue weighted by Gasteiger charge is -2.68. The molecule has 0 aromatic rings. The molecule has 0 aromatic heterocycles. The van der Waals surface area contributed by atoms with Crippen LogP contribution in [-0.4, -0.2) is 17.2 Å². The normalized spacial score (nSPS) is 48.8. The van der Waals surface area contributed by atoms with Gasteiger partial charge in [-0.25, -0.2) is 0 Å². The molecule has 5 nitrogen and oxygen atoms in total. The first kappa shape index (κ1) is 15.8. The second-order valence-electron chi connectivity index (χ2n) is 8.22. The lowest BCUT2D eigenvalue weighted by Crippen LogP contribution is -2.64. The molecule has 6 heteroatoms. The Labute approximate surface area is 126 Å². The molecular formula is C14H25ClN2O3. The predicted molar refractivity (Wildman–Crippen MR) is 78.1 cm³/mol. The minimum Gasteiger partial charge on any atom is -0.330 e. The summed E-state index contributed by atoms with van der Waals surface area (Å²) in [5, 5.41) is 10.3. The van der Waals surface area contributed by atoms with E-state index in [4.69, 9.17) is 10.6 Å². The monoisotopic (exact) mass is 304 g/mol. The van der Waals surface area contributed by atoms with E-state index in [0.717, 1.165) is 38.5 Å². The van der Waals surface area contributed by atoms with E-state index < -0.39 is 10.7 Å². The topological polar surface area (TPSA) is 78.4 Å². The fourth-order valence-electron chi connectivity index (χ4n) is 6.66. The molecule has 2 N–H and O–H groups in total. The molecule has 0 aliphatic heterocycles. The molecule has 116 valence electrons. The largest absolute Gasteiger partial charge is 0.330 e. The lowest BCUT2D eigenvalue weighted by atomic mass is 9.38. The zero-order valence-corrected chi connectivity index (χ0v) is 13.1. The van der Waals surface area contributed by atoms with Crippen LogP contribution in [0.1, 0.15) is 58.8 Å². The molecule has 4 bridgehead atoms. The number of halogens is 1. The minimum absolute atomic E-state index is 0. The third-order valence-corrected chi connectivity index (χ3v) is 5.60. The predicted octanol–water partition coefficient (Wildman–Crippen LogP) is 3.08. The van der Waals surface area contributed by atoms with E-state index in [1.807, 2.05) is 0 Å². The fourth-order valence-corrected chi connectivity index (χ4v) is 6.66. The second kappa shape index (κ2) is 4.47. The van der Waals surface area contributed by atoms with E-state index in [9.17, 15) is 10.1 Å². The third-order valence-electron chi connectivity index (χ3n) is 5.60. The number of nitrogens with two attached hydrogens (primary N) is 1. The second-order valence-corrected chi connectivity index (χ2v) is 8.22. The molecule has 0 saturated heterocycles. The molecule has 4 rings (SSSR count).